The number of benzene rings is 17. The molecule has 0 bridgehead atoms. The molecule has 2 aliphatic carbocycles. The van der Waals surface area contributed by atoms with Crippen LogP contribution in [0.15, 0.2) is 400 Å². The molecule has 17 aromatic carbocycles. The first-order chi connectivity index (χ1) is 60.5. The van der Waals surface area contributed by atoms with Gasteiger partial charge in [-0.25, -0.2) is 24.9 Å². The highest BCUT2D eigenvalue weighted by Gasteiger charge is 2.55. The molecule has 21 aromatic rings. The van der Waals surface area contributed by atoms with Crippen LogP contribution in [0.25, 0.3) is 166 Å². The normalized spacial score (nSPS) is 14.9. The zero-order chi connectivity index (χ0) is 79.9. The van der Waals surface area contributed by atoms with E-state index in [2.05, 4.69) is 375 Å². The van der Waals surface area contributed by atoms with Gasteiger partial charge in [0.25, 0.3) is 0 Å². The van der Waals surface area contributed by atoms with Crippen molar-refractivity contribution in [3.8, 4) is 135 Å². The van der Waals surface area contributed by atoms with Gasteiger partial charge in [0.15, 0.2) is 5.82 Å². The highest BCUT2D eigenvalue weighted by molar-refractivity contribution is 6.20. The lowest BCUT2D eigenvalue weighted by Gasteiger charge is -2.40. The van der Waals surface area contributed by atoms with E-state index < -0.39 is 10.8 Å². The van der Waals surface area contributed by atoms with Crippen molar-refractivity contribution >= 4 is 60.1 Å². The number of fused-ring (bicyclic) bond motifs is 30. The number of nitrogens with zero attached hydrogens (tertiary/aromatic N) is 5. The standard InChI is InChI=1S/C114H68N6O2/c1-3-25-68(26-4-1)94-63-57-70-55-56-71-58-64-95(116-109(71)108(70)115-94)74-30-22-32-76(66-74)106-84-59-62-92-103(101(84)81-35-9-16-46-96(81)117-106)80-34-8-12-41-87(80)114(92)90-44-15-20-50-100(90)122-111-78(38-24-45-93(111)114)77-37-23-39-83-102-85(60-61-91-104(102)79-33-7-11-40-86(79)113(91)88-42-13-18-48-98(88)121-99-49-19-14-43-89(99)113)107(119-110(77)83)75-31-21-29-73(65-75)67-51-53-69(54-52-67)105-82-36-10-17-47-97(82)118-112(120-105)72-27-5-2-6-28-72/h1-66,107,119H. The number of rotatable bonds is 8. The molecule has 566 valence electrons. The monoisotopic (exact) mass is 1550 g/mol. The second-order valence-corrected chi connectivity index (χ2v) is 32.6. The van der Waals surface area contributed by atoms with Gasteiger partial charge in [-0.15, -0.1) is 0 Å². The number of nitrogens with one attached hydrogen (secondary N) is 1. The molecule has 122 heavy (non-hydrogen) atoms. The maximum absolute atomic E-state index is 7.75. The molecule has 2 unspecified atom stereocenters. The van der Waals surface area contributed by atoms with Gasteiger partial charge in [0, 0.05) is 99.1 Å². The van der Waals surface area contributed by atoms with E-state index in [-0.39, 0.29) is 6.04 Å². The van der Waals surface area contributed by atoms with Crippen molar-refractivity contribution in [3.63, 3.8) is 0 Å². The van der Waals surface area contributed by atoms with Crippen LogP contribution in [0.5, 0.6) is 23.0 Å². The van der Waals surface area contributed by atoms with Crippen LogP contribution in [0.1, 0.15) is 61.7 Å². The maximum Gasteiger partial charge on any atom is 0.160 e. The summed E-state index contributed by atoms with van der Waals surface area (Å²) >= 11 is 0. The molecule has 7 heterocycles. The average molecular weight is 1550 g/mol. The SMILES string of the molecule is c1ccc(-c2ccc3ccc4ccc(-c5cccc(-c6nc7ccccc7c7c8c(ccc67)C6(c7ccccc7Oc7c(-c9cccc%10c9NC(c9cccc(-c%11ccc(-c%12nc(-c%13ccccc%13)nc%13ccccc%12%13)cc%11)c9)c9ccc%11c(c9-%10)-c9ccccc9C%119c%10ccccc%10Oc%10ccccc%109)cccc76)c6ccccc6-8)c5)nc4c3n2)cc1. The van der Waals surface area contributed by atoms with Crippen LogP contribution < -0.4 is 14.8 Å². The highest BCUT2D eigenvalue weighted by Crippen LogP contribution is 2.68. The third-order valence-electron chi connectivity index (χ3n) is 26.4. The minimum atomic E-state index is -0.855. The topological polar surface area (TPSA) is 94.9 Å². The molecule has 8 heteroatoms. The Morgan fingerprint density at radius 1 is 0.262 bits per heavy atom. The Balaban J connectivity index is 0.655. The van der Waals surface area contributed by atoms with Crippen molar-refractivity contribution in [2.75, 3.05) is 5.32 Å². The summed E-state index contributed by atoms with van der Waals surface area (Å²) in [6.07, 6.45) is 0. The molecule has 5 aliphatic rings. The number of ether oxygens (including phenoxy) is 2. The van der Waals surface area contributed by atoms with Gasteiger partial charge in [-0.2, -0.15) is 0 Å². The van der Waals surface area contributed by atoms with Crippen molar-refractivity contribution < 1.29 is 9.47 Å². The predicted molar refractivity (Wildman–Crippen MR) is 493 cm³/mol. The Morgan fingerprint density at radius 3 is 1.48 bits per heavy atom. The third-order valence-corrected chi connectivity index (χ3v) is 26.4. The highest BCUT2D eigenvalue weighted by atomic mass is 16.5. The Morgan fingerprint density at radius 2 is 0.754 bits per heavy atom. The minimum Gasteiger partial charge on any atom is -0.457 e. The van der Waals surface area contributed by atoms with Crippen molar-refractivity contribution in [2.24, 2.45) is 0 Å². The molecular weight excluding hydrogens is 1490 g/mol. The number of para-hydroxylation sites is 7. The van der Waals surface area contributed by atoms with E-state index in [1.165, 1.54) is 55.6 Å². The van der Waals surface area contributed by atoms with Gasteiger partial charge in [-0.3, -0.25) is 0 Å². The zero-order valence-electron chi connectivity index (χ0n) is 65.7. The number of hydrogen-bond donors (Lipinski definition) is 1. The Labute approximate surface area is 703 Å². The summed E-state index contributed by atoms with van der Waals surface area (Å²) in [6, 6.07) is 145. The largest absolute Gasteiger partial charge is 0.457 e. The van der Waals surface area contributed by atoms with Crippen molar-refractivity contribution in [1.82, 2.24) is 24.9 Å². The predicted octanol–water partition coefficient (Wildman–Crippen LogP) is 28.2. The summed E-state index contributed by atoms with van der Waals surface area (Å²) in [4.78, 5) is 26.7. The van der Waals surface area contributed by atoms with Gasteiger partial charge in [-0.05, 0) is 127 Å². The van der Waals surface area contributed by atoms with Crippen LogP contribution in [-0.2, 0) is 10.8 Å². The second kappa shape index (κ2) is 26.2. The number of pyridine rings is 3. The lowest BCUT2D eigenvalue weighted by Crippen LogP contribution is -2.32. The van der Waals surface area contributed by atoms with Crippen LogP contribution in [-0.4, -0.2) is 24.9 Å². The second-order valence-electron chi connectivity index (χ2n) is 32.6. The quantitative estimate of drug-likeness (QED) is 0.150. The van der Waals surface area contributed by atoms with Gasteiger partial charge in [0.05, 0.1) is 67.4 Å². The number of aromatic nitrogens is 5. The van der Waals surface area contributed by atoms with Crippen LogP contribution in [0, 0.1) is 0 Å². The fourth-order valence-electron chi connectivity index (χ4n) is 21.3. The fraction of sp³-hybridized carbons (Fsp3) is 0.0263. The van der Waals surface area contributed by atoms with E-state index in [9.17, 15) is 0 Å². The number of hydrogen-bond acceptors (Lipinski definition) is 8. The first-order valence-corrected chi connectivity index (χ1v) is 41.8. The molecule has 0 fully saturated rings. The van der Waals surface area contributed by atoms with Crippen LogP contribution >= 0.6 is 0 Å². The van der Waals surface area contributed by atoms with Crippen molar-refractivity contribution in [1.29, 1.82) is 0 Å². The maximum atomic E-state index is 7.75. The summed E-state index contributed by atoms with van der Waals surface area (Å²) in [5.41, 5.74) is 34.4. The van der Waals surface area contributed by atoms with Crippen molar-refractivity contribution in [2.45, 2.75) is 16.9 Å². The summed E-state index contributed by atoms with van der Waals surface area (Å²) in [7, 11) is 0. The molecule has 2 atom stereocenters. The molecular formula is C114H68N6O2. The smallest absolute Gasteiger partial charge is 0.160 e. The molecule has 2 spiro atoms. The van der Waals surface area contributed by atoms with Gasteiger partial charge in [0.1, 0.15) is 23.0 Å². The molecule has 8 nitrogen and oxygen atoms in total. The molecule has 1 N–H and O–H groups in total. The summed E-state index contributed by atoms with van der Waals surface area (Å²) in [6.45, 7) is 0. The molecule has 0 radical (unpaired) electrons. The van der Waals surface area contributed by atoms with Gasteiger partial charge in [-0.1, -0.05) is 346 Å². The van der Waals surface area contributed by atoms with Crippen LogP contribution in [0.4, 0.5) is 5.69 Å². The molecule has 0 saturated carbocycles. The van der Waals surface area contributed by atoms with Crippen molar-refractivity contribution in [3.05, 3.63) is 456 Å². The Kier molecular flexibility index (Phi) is 14.6. The first-order valence-electron chi connectivity index (χ1n) is 41.8. The summed E-state index contributed by atoms with van der Waals surface area (Å²) < 4.78 is 14.7. The lowest BCUT2D eigenvalue weighted by molar-refractivity contribution is 0.436. The lowest BCUT2D eigenvalue weighted by atomic mass is 9.65. The molecule has 26 rings (SSSR count). The summed E-state index contributed by atoms with van der Waals surface area (Å²) in [5, 5.41) is 10.8. The Hall–Kier alpha value is -16.0. The van der Waals surface area contributed by atoms with E-state index in [1.807, 2.05) is 30.3 Å². The molecule has 4 aromatic heterocycles. The van der Waals surface area contributed by atoms with Crippen LogP contribution in [0.3, 0.4) is 0 Å². The van der Waals surface area contributed by atoms with Crippen LogP contribution in [0.2, 0.25) is 0 Å². The fourth-order valence-corrected chi connectivity index (χ4v) is 21.3. The zero-order valence-corrected chi connectivity index (χ0v) is 65.7. The first kappa shape index (κ1) is 68.1. The van der Waals surface area contributed by atoms with Gasteiger partial charge >= 0.3 is 0 Å². The van der Waals surface area contributed by atoms with E-state index in [0.717, 1.165) is 189 Å². The van der Waals surface area contributed by atoms with Gasteiger partial charge < -0.3 is 14.8 Å². The third kappa shape index (κ3) is 9.77. The van der Waals surface area contributed by atoms with E-state index >= 15 is 0 Å². The molecule has 0 saturated heterocycles. The molecule has 3 aliphatic heterocycles. The van der Waals surface area contributed by atoms with E-state index in [4.69, 9.17) is 34.4 Å². The average Bonchev–Trinajstić information content (AvgIpc) is 1.50. The van der Waals surface area contributed by atoms with Gasteiger partial charge in [0.2, 0.25) is 0 Å². The summed E-state index contributed by atoms with van der Waals surface area (Å²) in [5.74, 6) is 4.02. The van der Waals surface area contributed by atoms with E-state index in [0.29, 0.717) is 5.82 Å². The Bertz CT molecular complexity index is 8030. The number of anilines is 1. The van der Waals surface area contributed by atoms with E-state index in [1.54, 1.807) is 0 Å². The minimum absolute atomic E-state index is 0.334. The molecule has 0 amide bonds.